The Morgan fingerprint density at radius 2 is 2.00 bits per heavy atom. The third kappa shape index (κ3) is 6.17. The fourth-order valence-electron chi connectivity index (χ4n) is 4.27. The van der Waals surface area contributed by atoms with Gasteiger partial charge in [-0.3, -0.25) is 14.3 Å². The molecule has 1 aliphatic heterocycles. The summed E-state index contributed by atoms with van der Waals surface area (Å²) in [5.74, 6) is -2.77. The molecule has 2 aromatic rings. The summed E-state index contributed by atoms with van der Waals surface area (Å²) in [5.41, 5.74) is -1.40. The highest BCUT2D eigenvalue weighted by Crippen LogP contribution is 2.40. The van der Waals surface area contributed by atoms with Gasteiger partial charge in [0.1, 0.15) is 17.1 Å². The molecular formula is C24H26F4N4O5S. The second-order valence-corrected chi connectivity index (χ2v) is 11.5. The van der Waals surface area contributed by atoms with E-state index in [1.165, 1.54) is 23.7 Å². The van der Waals surface area contributed by atoms with Crippen LogP contribution in [0.4, 0.5) is 17.6 Å². The largest absolute Gasteiger partial charge is 0.493 e. The standard InChI is InChI=1S/C24H26F4N4O5S/c1-23(17-7-4-14(12-18(17)25)37-11-3-9-24(26,27)28)13-16(19-8-10-32(2)30-19)20(21(33)29-23)22(34)31-38(35,36)15-5-6-15/h4,7-8,10,12,15H,3,5-6,9,11,13H2,1-2H3,(H,29,33)(H,31,34)/t23-/m0/s1. The molecule has 0 bridgehead atoms. The summed E-state index contributed by atoms with van der Waals surface area (Å²) in [7, 11) is -2.32. The summed E-state index contributed by atoms with van der Waals surface area (Å²) in [5, 5.41) is 6.18. The van der Waals surface area contributed by atoms with E-state index >= 15 is 4.39 Å². The third-order valence-corrected chi connectivity index (χ3v) is 8.12. The van der Waals surface area contributed by atoms with E-state index in [0.717, 1.165) is 6.07 Å². The minimum atomic E-state index is -4.32. The highest BCUT2D eigenvalue weighted by atomic mass is 32.2. The molecule has 1 aromatic carbocycles. The quantitative estimate of drug-likeness (QED) is 0.277. The van der Waals surface area contributed by atoms with E-state index < -0.39 is 56.6 Å². The average molecular weight is 559 g/mol. The Morgan fingerprint density at radius 1 is 1.29 bits per heavy atom. The maximum Gasteiger partial charge on any atom is 0.389 e. The molecular weight excluding hydrogens is 532 g/mol. The van der Waals surface area contributed by atoms with E-state index in [4.69, 9.17) is 4.74 Å². The van der Waals surface area contributed by atoms with Gasteiger partial charge in [0, 0.05) is 43.3 Å². The zero-order valence-electron chi connectivity index (χ0n) is 20.6. The van der Waals surface area contributed by atoms with E-state index in [1.54, 1.807) is 19.3 Å². The van der Waals surface area contributed by atoms with Gasteiger partial charge in [-0.1, -0.05) is 6.07 Å². The first kappa shape index (κ1) is 27.6. The Hall–Kier alpha value is -3.42. The second-order valence-electron chi connectivity index (χ2n) is 9.58. The van der Waals surface area contributed by atoms with Crippen LogP contribution in [0.25, 0.3) is 5.57 Å². The summed E-state index contributed by atoms with van der Waals surface area (Å²) >= 11 is 0. The normalized spacial score (nSPS) is 20.3. The summed E-state index contributed by atoms with van der Waals surface area (Å²) in [4.78, 5) is 26.2. The molecule has 2 N–H and O–H groups in total. The van der Waals surface area contributed by atoms with Gasteiger partial charge in [0.05, 0.1) is 23.1 Å². The smallest absolute Gasteiger partial charge is 0.389 e. The number of nitrogens with one attached hydrogen (secondary N) is 2. The van der Waals surface area contributed by atoms with Crippen molar-refractivity contribution in [1.29, 1.82) is 0 Å². The summed E-state index contributed by atoms with van der Waals surface area (Å²) < 4.78 is 85.5. The van der Waals surface area contributed by atoms with Crippen LogP contribution < -0.4 is 14.8 Å². The minimum absolute atomic E-state index is 0.0185. The lowest BCUT2D eigenvalue weighted by molar-refractivity contribution is -0.136. The SMILES string of the molecule is Cn1ccc(C2=C(C(=O)NS(=O)(=O)C3CC3)C(=O)N[C@](C)(c3ccc(OCCCC(F)(F)F)cc3F)C2)n1. The minimum Gasteiger partial charge on any atom is -0.493 e. The number of halogens is 4. The molecule has 0 radical (unpaired) electrons. The molecule has 1 aliphatic carbocycles. The number of rotatable bonds is 9. The molecule has 14 heteroatoms. The van der Waals surface area contributed by atoms with E-state index in [0.29, 0.717) is 12.8 Å². The number of sulfonamides is 1. The van der Waals surface area contributed by atoms with Crippen molar-refractivity contribution >= 4 is 27.4 Å². The van der Waals surface area contributed by atoms with Gasteiger partial charge in [0.25, 0.3) is 11.8 Å². The molecule has 0 spiro atoms. The molecule has 1 fully saturated rings. The van der Waals surface area contributed by atoms with Gasteiger partial charge >= 0.3 is 6.18 Å². The van der Waals surface area contributed by atoms with Gasteiger partial charge in [-0.15, -0.1) is 0 Å². The average Bonchev–Trinajstić information content (AvgIpc) is 3.57. The monoisotopic (exact) mass is 558 g/mol. The number of hydrogen-bond acceptors (Lipinski definition) is 6. The lowest BCUT2D eigenvalue weighted by atomic mass is 9.79. The van der Waals surface area contributed by atoms with Gasteiger partial charge in [-0.2, -0.15) is 18.3 Å². The number of amides is 2. The number of benzene rings is 1. The Balaban J connectivity index is 1.62. The van der Waals surface area contributed by atoms with Crippen molar-refractivity contribution in [3.63, 3.8) is 0 Å². The first-order valence-corrected chi connectivity index (χ1v) is 13.3. The van der Waals surface area contributed by atoms with Crippen LogP contribution in [0.15, 0.2) is 36.0 Å². The number of ether oxygens (including phenoxy) is 1. The number of carbonyl (C=O) groups excluding carboxylic acids is 2. The van der Waals surface area contributed by atoms with Crippen LogP contribution in [0.3, 0.4) is 0 Å². The van der Waals surface area contributed by atoms with Crippen LogP contribution in [0.2, 0.25) is 0 Å². The van der Waals surface area contributed by atoms with E-state index in [2.05, 4.69) is 10.4 Å². The lowest BCUT2D eigenvalue weighted by Crippen LogP contribution is -2.51. The lowest BCUT2D eigenvalue weighted by Gasteiger charge is -2.37. The third-order valence-electron chi connectivity index (χ3n) is 6.30. The highest BCUT2D eigenvalue weighted by Gasteiger charge is 2.44. The topological polar surface area (TPSA) is 119 Å². The maximum atomic E-state index is 15.2. The summed E-state index contributed by atoms with van der Waals surface area (Å²) in [6, 6.07) is 5.27. The fraction of sp³-hybridized carbons (Fsp3) is 0.458. The van der Waals surface area contributed by atoms with Crippen LogP contribution in [0, 0.1) is 5.82 Å². The Kier molecular flexibility index (Phi) is 7.30. The maximum absolute atomic E-state index is 15.2. The Bertz CT molecular complexity index is 1400. The van der Waals surface area contributed by atoms with Crippen molar-refractivity contribution in [2.24, 2.45) is 7.05 Å². The molecule has 38 heavy (non-hydrogen) atoms. The molecule has 1 aromatic heterocycles. The number of nitrogens with zero attached hydrogens (tertiary/aromatic N) is 2. The fourth-order valence-corrected chi connectivity index (χ4v) is 5.56. The van der Waals surface area contributed by atoms with Crippen molar-refractivity contribution in [3.05, 3.63) is 53.1 Å². The van der Waals surface area contributed by atoms with Gasteiger partial charge in [-0.05, 0) is 38.3 Å². The van der Waals surface area contributed by atoms with Crippen LogP contribution >= 0.6 is 0 Å². The van der Waals surface area contributed by atoms with Crippen LogP contribution in [-0.4, -0.2) is 48.0 Å². The van der Waals surface area contributed by atoms with Crippen molar-refractivity contribution in [2.45, 2.75) is 56.0 Å². The molecule has 4 rings (SSSR count). The molecule has 1 atom stereocenters. The highest BCUT2D eigenvalue weighted by molar-refractivity contribution is 7.91. The van der Waals surface area contributed by atoms with Gasteiger partial charge in [-0.25, -0.2) is 17.5 Å². The summed E-state index contributed by atoms with van der Waals surface area (Å²) in [6.45, 7) is 1.27. The molecule has 1 saturated carbocycles. The van der Waals surface area contributed by atoms with Gasteiger partial charge in [0.2, 0.25) is 10.0 Å². The Labute approximate surface area is 216 Å². The Morgan fingerprint density at radius 3 is 2.58 bits per heavy atom. The first-order chi connectivity index (χ1) is 17.7. The van der Waals surface area contributed by atoms with Gasteiger partial charge < -0.3 is 10.1 Å². The second kappa shape index (κ2) is 10.0. The number of aromatic nitrogens is 2. The molecule has 0 saturated heterocycles. The number of hydrogen-bond donors (Lipinski definition) is 2. The van der Waals surface area contributed by atoms with Crippen LogP contribution in [0.1, 0.15) is 50.3 Å². The summed E-state index contributed by atoms with van der Waals surface area (Å²) in [6.07, 6.45) is -3.33. The van der Waals surface area contributed by atoms with E-state index in [9.17, 15) is 31.2 Å². The molecule has 206 valence electrons. The molecule has 2 heterocycles. The number of alkyl halides is 3. The van der Waals surface area contributed by atoms with E-state index in [1.807, 2.05) is 4.72 Å². The zero-order valence-corrected chi connectivity index (χ0v) is 21.4. The molecule has 9 nitrogen and oxygen atoms in total. The van der Waals surface area contributed by atoms with Crippen molar-refractivity contribution in [2.75, 3.05) is 6.61 Å². The zero-order chi connectivity index (χ0) is 27.9. The van der Waals surface area contributed by atoms with Crippen molar-refractivity contribution < 1.29 is 40.3 Å². The number of carbonyl (C=O) groups is 2. The van der Waals surface area contributed by atoms with Crippen LogP contribution in [0.5, 0.6) is 5.75 Å². The molecule has 2 aliphatic rings. The predicted octanol–water partition coefficient (Wildman–Crippen LogP) is 3.08. The van der Waals surface area contributed by atoms with Crippen molar-refractivity contribution in [3.8, 4) is 5.75 Å². The van der Waals surface area contributed by atoms with E-state index in [-0.39, 0.29) is 42.0 Å². The predicted molar refractivity (Wildman–Crippen MR) is 128 cm³/mol. The van der Waals surface area contributed by atoms with Gasteiger partial charge in [0.15, 0.2) is 0 Å². The van der Waals surface area contributed by atoms with Crippen molar-refractivity contribution in [1.82, 2.24) is 19.8 Å². The molecule has 0 unspecified atom stereocenters. The first-order valence-electron chi connectivity index (χ1n) is 11.8. The molecule has 2 amide bonds. The van der Waals surface area contributed by atoms with Crippen LogP contribution in [-0.2, 0) is 32.2 Å². The number of aryl methyl sites for hydroxylation is 1.